The predicted molar refractivity (Wildman–Crippen MR) is 75.6 cm³/mol. The van der Waals surface area contributed by atoms with E-state index >= 15 is 0 Å². The molecule has 0 amide bonds. The number of hydrogen-bond acceptors (Lipinski definition) is 4. The van der Waals surface area contributed by atoms with E-state index in [4.69, 9.17) is 10.7 Å². The Morgan fingerprint density at radius 2 is 2.22 bits per heavy atom. The van der Waals surface area contributed by atoms with E-state index < -0.39 is 0 Å². The average molecular weight is 265 g/mol. The zero-order chi connectivity index (χ0) is 12.8. The topological polar surface area (TPSA) is 42.2 Å². The summed E-state index contributed by atoms with van der Waals surface area (Å²) in [6, 6.07) is 0. The number of nitrogens with two attached hydrogens (primary N) is 1. The summed E-state index contributed by atoms with van der Waals surface area (Å²) in [4.78, 5) is 8.85. The molecule has 2 heterocycles. The summed E-state index contributed by atoms with van der Waals surface area (Å²) < 4.78 is 0. The number of rotatable bonds is 3. The maximum atomic E-state index is 6.39. The van der Waals surface area contributed by atoms with E-state index in [0.717, 1.165) is 38.3 Å². The fourth-order valence-electron chi connectivity index (χ4n) is 2.91. The van der Waals surface area contributed by atoms with Gasteiger partial charge in [-0.2, -0.15) is 0 Å². The van der Waals surface area contributed by atoms with Crippen LogP contribution >= 0.6 is 11.3 Å². The summed E-state index contributed by atoms with van der Waals surface area (Å²) in [7, 11) is 0. The van der Waals surface area contributed by atoms with Gasteiger partial charge in [0.1, 0.15) is 5.01 Å². The molecular formula is C14H23N3S. The van der Waals surface area contributed by atoms with Crippen LogP contribution < -0.4 is 5.73 Å². The molecule has 1 aliphatic heterocycles. The standard InChI is InChI=1S/C14H23N3S/c1-10(2)8-17-7-4-11-12(9-17)18-13(16-11)14(15)5-3-6-14/h10H,3-9,15H2,1-2H3. The van der Waals surface area contributed by atoms with Crippen LogP contribution in [0.1, 0.15) is 48.7 Å². The van der Waals surface area contributed by atoms with Gasteiger partial charge < -0.3 is 5.73 Å². The van der Waals surface area contributed by atoms with Crippen LogP contribution in [-0.4, -0.2) is 23.0 Å². The SMILES string of the molecule is CC(C)CN1CCc2nc(C3(N)CCC3)sc2C1. The highest BCUT2D eigenvalue weighted by molar-refractivity contribution is 7.11. The van der Waals surface area contributed by atoms with Crippen molar-refractivity contribution in [2.45, 2.75) is 51.6 Å². The first-order valence-corrected chi connectivity index (χ1v) is 7.89. The second kappa shape index (κ2) is 4.58. The molecule has 0 radical (unpaired) electrons. The Hall–Kier alpha value is -0.450. The predicted octanol–water partition coefficient (Wildman–Crippen LogP) is 2.50. The minimum atomic E-state index is -0.0785. The van der Waals surface area contributed by atoms with Crippen LogP contribution in [0.15, 0.2) is 0 Å². The zero-order valence-electron chi connectivity index (χ0n) is 11.4. The molecule has 2 N–H and O–H groups in total. The van der Waals surface area contributed by atoms with Crippen molar-refractivity contribution in [2.75, 3.05) is 13.1 Å². The first kappa shape index (κ1) is 12.6. The van der Waals surface area contributed by atoms with Gasteiger partial charge in [-0.3, -0.25) is 4.90 Å². The van der Waals surface area contributed by atoms with E-state index in [9.17, 15) is 0 Å². The molecule has 2 aliphatic rings. The molecule has 4 heteroatoms. The van der Waals surface area contributed by atoms with E-state index in [2.05, 4.69) is 18.7 Å². The molecule has 0 atom stereocenters. The Kier molecular flexibility index (Phi) is 3.20. The molecule has 0 unspecified atom stereocenters. The molecule has 0 bridgehead atoms. The summed E-state index contributed by atoms with van der Waals surface area (Å²) in [5.41, 5.74) is 7.63. The number of fused-ring (bicyclic) bond motifs is 1. The van der Waals surface area contributed by atoms with Crippen molar-refractivity contribution in [3.63, 3.8) is 0 Å². The minimum absolute atomic E-state index is 0.0785. The van der Waals surface area contributed by atoms with Crippen molar-refractivity contribution in [2.24, 2.45) is 11.7 Å². The lowest BCUT2D eigenvalue weighted by Gasteiger charge is -2.35. The fourth-order valence-corrected chi connectivity index (χ4v) is 4.21. The van der Waals surface area contributed by atoms with Gasteiger partial charge >= 0.3 is 0 Å². The average Bonchev–Trinajstić information content (AvgIpc) is 2.68. The van der Waals surface area contributed by atoms with Crippen molar-refractivity contribution in [1.82, 2.24) is 9.88 Å². The van der Waals surface area contributed by atoms with E-state index in [1.165, 1.54) is 28.5 Å². The van der Waals surface area contributed by atoms with Gasteiger partial charge in [-0.15, -0.1) is 11.3 Å². The summed E-state index contributed by atoms with van der Waals surface area (Å²) in [6.07, 6.45) is 4.61. The largest absolute Gasteiger partial charge is 0.319 e. The third-order valence-electron chi connectivity index (χ3n) is 4.11. The van der Waals surface area contributed by atoms with Crippen molar-refractivity contribution < 1.29 is 0 Å². The van der Waals surface area contributed by atoms with Gasteiger partial charge in [0.05, 0.1) is 11.2 Å². The molecule has 0 spiro atoms. The second-order valence-corrected chi connectivity index (χ2v) is 7.36. The monoisotopic (exact) mass is 265 g/mol. The van der Waals surface area contributed by atoms with Crippen molar-refractivity contribution in [1.29, 1.82) is 0 Å². The van der Waals surface area contributed by atoms with Crippen LogP contribution in [0.25, 0.3) is 0 Å². The van der Waals surface area contributed by atoms with Crippen molar-refractivity contribution >= 4 is 11.3 Å². The summed E-state index contributed by atoms with van der Waals surface area (Å²) in [6.45, 7) is 8.02. The van der Waals surface area contributed by atoms with Crippen LogP contribution in [0.4, 0.5) is 0 Å². The number of hydrogen-bond donors (Lipinski definition) is 1. The van der Waals surface area contributed by atoms with Crippen LogP contribution in [0.3, 0.4) is 0 Å². The smallest absolute Gasteiger partial charge is 0.113 e. The number of nitrogens with zero attached hydrogens (tertiary/aromatic N) is 2. The highest BCUT2D eigenvalue weighted by Gasteiger charge is 2.38. The molecule has 1 aromatic heterocycles. The first-order valence-electron chi connectivity index (χ1n) is 7.07. The fraction of sp³-hybridized carbons (Fsp3) is 0.786. The quantitative estimate of drug-likeness (QED) is 0.913. The van der Waals surface area contributed by atoms with Crippen molar-refractivity contribution in [3.8, 4) is 0 Å². The lowest BCUT2D eigenvalue weighted by Crippen LogP contribution is -2.43. The molecule has 0 saturated heterocycles. The maximum Gasteiger partial charge on any atom is 0.113 e. The lowest BCUT2D eigenvalue weighted by molar-refractivity contribution is 0.227. The third-order valence-corrected chi connectivity index (χ3v) is 5.41. The molecule has 0 aromatic carbocycles. The molecule has 1 saturated carbocycles. The van der Waals surface area contributed by atoms with Gasteiger partial charge in [-0.1, -0.05) is 13.8 Å². The highest BCUT2D eigenvalue weighted by Crippen LogP contribution is 2.42. The van der Waals surface area contributed by atoms with Gasteiger partial charge in [0, 0.05) is 30.9 Å². The van der Waals surface area contributed by atoms with Gasteiger partial charge in [0.2, 0.25) is 0 Å². The van der Waals surface area contributed by atoms with Crippen LogP contribution in [0.5, 0.6) is 0 Å². The molecule has 1 aromatic rings. The Morgan fingerprint density at radius 1 is 1.44 bits per heavy atom. The Bertz CT molecular complexity index is 434. The van der Waals surface area contributed by atoms with Gasteiger partial charge in [0.25, 0.3) is 0 Å². The number of aromatic nitrogens is 1. The molecule has 100 valence electrons. The maximum absolute atomic E-state index is 6.39. The molecule has 18 heavy (non-hydrogen) atoms. The van der Waals surface area contributed by atoms with E-state index in [0.29, 0.717) is 0 Å². The molecule has 3 nitrogen and oxygen atoms in total. The van der Waals surface area contributed by atoms with Crippen LogP contribution in [0.2, 0.25) is 0 Å². The molecular weight excluding hydrogens is 242 g/mol. The summed E-state index contributed by atoms with van der Waals surface area (Å²) in [5.74, 6) is 0.742. The highest BCUT2D eigenvalue weighted by atomic mass is 32.1. The van der Waals surface area contributed by atoms with E-state index in [-0.39, 0.29) is 5.54 Å². The van der Waals surface area contributed by atoms with Gasteiger partial charge in [-0.25, -0.2) is 4.98 Å². The number of thiazole rings is 1. The molecule has 1 fully saturated rings. The normalized spacial score (nSPS) is 22.9. The Morgan fingerprint density at radius 3 is 2.83 bits per heavy atom. The summed E-state index contributed by atoms with van der Waals surface area (Å²) in [5, 5.41) is 1.20. The van der Waals surface area contributed by atoms with Crippen molar-refractivity contribution in [3.05, 3.63) is 15.6 Å². The third kappa shape index (κ3) is 2.22. The molecule has 1 aliphatic carbocycles. The minimum Gasteiger partial charge on any atom is -0.319 e. The summed E-state index contributed by atoms with van der Waals surface area (Å²) >= 11 is 1.87. The van der Waals surface area contributed by atoms with E-state index in [1.807, 2.05) is 11.3 Å². The van der Waals surface area contributed by atoms with Gasteiger partial charge in [-0.05, 0) is 25.2 Å². The lowest BCUT2D eigenvalue weighted by atomic mass is 9.78. The zero-order valence-corrected chi connectivity index (χ0v) is 12.2. The molecule has 3 rings (SSSR count). The Balaban J connectivity index is 1.76. The Labute approximate surface area is 113 Å². The first-order chi connectivity index (χ1) is 8.57. The van der Waals surface area contributed by atoms with Crippen LogP contribution in [0, 0.1) is 5.92 Å². The second-order valence-electron chi connectivity index (χ2n) is 6.28. The van der Waals surface area contributed by atoms with E-state index in [1.54, 1.807) is 0 Å². The van der Waals surface area contributed by atoms with Crippen LogP contribution in [-0.2, 0) is 18.5 Å². The van der Waals surface area contributed by atoms with Gasteiger partial charge in [0.15, 0.2) is 0 Å².